The summed E-state index contributed by atoms with van der Waals surface area (Å²) < 4.78 is 5.09. The van der Waals surface area contributed by atoms with E-state index in [0.29, 0.717) is 18.5 Å². The van der Waals surface area contributed by atoms with E-state index in [-0.39, 0.29) is 23.7 Å². The largest absolute Gasteiger partial charge is 0.454 e. The van der Waals surface area contributed by atoms with E-state index in [0.717, 1.165) is 28.5 Å². The Kier molecular flexibility index (Phi) is 5.53. The number of hydrogen-bond acceptors (Lipinski definition) is 5. The van der Waals surface area contributed by atoms with Crippen molar-refractivity contribution in [2.24, 2.45) is 11.8 Å². The van der Waals surface area contributed by atoms with Crippen LogP contribution >= 0.6 is 0 Å². The molecule has 2 fully saturated rings. The molecule has 2 aromatic rings. The first-order chi connectivity index (χ1) is 14.5. The molecule has 1 N–H and O–H groups in total. The van der Waals surface area contributed by atoms with Crippen LogP contribution in [-0.2, 0) is 23.9 Å². The minimum absolute atomic E-state index is 0.297. The summed E-state index contributed by atoms with van der Waals surface area (Å²) >= 11 is 0. The molecule has 0 radical (unpaired) electrons. The van der Waals surface area contributed by atoms with Gasteiger partial charge in [0.25, 0.3) is 5.91 Å². The Balaban J connectivity index is 1.33. The SMILES string of the molecule is C[C@@H](C(=O)OCC(=O)Nc1ccc2ccccc2c1)N1C(=O)[C@H]2CCCC[C@H]2C1=O. The Morgan fingerprint density at radius 1 is 1.03 bits per heavy atom. The zero-order chi connectivity index (χ0) is 21.3. The van der Waals surface area contributed by atoms with Crippen molar-refractivity contribution in [2.75, 3.05) is 11.9 Å². The van der Waals surface area contributed by atoms with E-state index in [1.165, 1.54) is 6.92 Å². The Bertz CT molecular complexity index is 994. The maximum Gasteiger partial charge on any atom is 0.329 e. The molecule has 1 aliphatic carbocycles. The fourth-order valence-electron chi connectivity index (χ4n) is 4.40. The highest BCUT2D eigenvalue weighted by molar-refractivity contribution is 6.08. The average Bonchev–Trinajstić information content (AvgIpc) is 3.02. The molecule has 1 saturated carbocycles. The highest BCUT2D eigenvalue weighted by atomic mass is 16.5. The molecule has 1 aliphatic heterocycles. The molecule has 0 aromatic heterocycles. The molecule has 1 heterocycles. The average molecular weight is 408 g/mol. The van der Waals surface area contributed by atoms with E-state index >= 15 is 0 Å². The number of esters is 1. The molecule has 0 unspecified atom stereocenters. The fourth-order valence-corrected chi connectivity index (χ4v) is 4.40. The van der Waals surface area contributed by atoms with Crippen LogP contribution in [0.25, 0.3) is 10.8 Å². The predicted octanol–water partition coefficient (Wildman–Crippen LogP) is 2.89. The molecule has 0 bridgehead atoms. The molecule has 0 spiro atoms. The first-order valence-corrected chi connectivity index (χ1v) is 10.3. The quantitative estimate of drug-likeness (QED) is 0.607. The molecular weight excluding hydrogens is 384 g/mol. The van der Waals surface area contributed by atoms with Crippen LogP contribution in [0.3, 0.4) is 0 Å². The number of fused-ring (bicyclic) bond motifs is 2. The number of benzene rings is 2. The maximum atomic E-state index is 12.6. The summed E-state index contributed by atoms with van der Waals surface area (Å²) in [7, 11) is 0. The Morgan fingerprint density at radius 2 is 1.67 bits per heavy atom. The minimum Gasteiger partial charge on any atom is -0.454 e. The number of ether oxygens (including phenoxy) is 1. The number of amides is 3. The van der Waals surface area contributed by atoms with Gasteiger partial charge in [-0.15, -0.1) is 0 Å². The first kappa shape index (κ1) is 20.1. The third-order valence-corrected chi connectivity index (χ3v) is 5.98. The van der Waals surface area contributed by atoms with Crippen molar-refractivity contribution >= 4 is 40.2 Å². The topological polar surface area (TPSA) is 92.8 Å². The molecule has 2 aliphatic rings. The van der Waals surface area contributed by atoms with Gasteiger partial charge in [-0.25, -0.2) is 4.79 Å². The molecule has 3 amide bonds. The third-order valence-electron chi connectivity index (χ3n) is 5.98. The fraction of sp³-hybridized carbons (Fsp3) is 0.391. The molecule has 7 nitrogen and oxygen atoms in total. The lowest BCUT2D eigenvalue weighted by Gasteiger charge is -2.21. The lowest BCUT2D eigenvalue weighted by atomic mass is 9.81. The maximum absolute atomic E-state index is 12.6. The zero-order valence-corrected chi connectivity index (χ0v) is 16.8. The van der Waals surface area contributed by atoms with Gasteiger partial charge in [0.1, 0.15) is 6.04 Å². The third kappa shape index (κ3) is 3.79. The standard InChI is InChI=1S/C23H24N2O5/c1-14(25-21(27)18-8-4-5-9-19(18)22(25)28)23(29)30-13-20(26)24-17-11-10-15-6-2-3-7-16(15)12-17/h2-3,6-7,10-12,14,18-19H,4-5,8-9,13H2,1H3,(H,24,26)/t14-,18-,19+/m0/s1. The van der Waals surface area contributed by atoms with Crippen molar-refractivity contribution in [2.45, 2.75) is 38.6 Å². The van der Waals surface area contributed by atoms with Gasteiger partial charge in [-0.1, -0.05) is 43.2 Å². The molecular formula is C23H24N2O5. The zero-order valence-electron chi connectivity index (χ0n) is 16.8. The van der Waals surface area contributed by atoms with E-state index in [2.05, 4.69) is 5.32 Å². The van der Waals surface area contributed by atoms with Gasteiger partial charge in [0.2, 0.25) is 11.8 Å². The second-order valence-corrected chi connectivity index (χ2v) is 7.94. The molecule has 1 saturated heterocycles. The van der Waals surface area contributed by atoms with Gasteiger partial charge < -0.3 is 10.1 Å². The van der Waals surface area contributed by atoms with Gasteiger partial charge in [0.15, 0.2) is 6.61 Å². The van der Waals surface area contributed by atoms with Crippen LogP contribution in [-0.4, -0.2) is 41.2 Å². The van der Waals surface area contributed by atoms with Crippen molar-refractivity contribution < 1.29 is 23.9 Å². The van der Waals surface area contributed by atoms with Gasteiger partial charge >= 0.3 is 5.97 Å². The van der Waals surface area contributed by atoms with Crippen molar-refractivity contribution in [3.63, 3.8) is 0 Å². The summed E-state index contributed by atoms with van der Waals surface area (Å²) in [6.45, 7) is 0.982. The van der Waals surface area contributed by atoms with Crippen molar-refractivity contribution in [1.29, 1.82) is 0 Å². The summed E-state index contributed by atoms with van der Waals surface area (Å²) in [6, 6.07) is 12.2. The highest BCUT2D eigenvalue weighted by Crippen LogP contribution is 2.38. The molecule has 3 atom stereocenters. The first-order valence-electron chi connectivity index (χ1n) is 10.3. The number of nitrogens with zero attached hydrogens (tertiary/aromatic N) is 1. The van der Waals surface area contributed by atoms with Gasteiger partial charge in [-0.2, -0.15) is 0 Å². The van der Waals surface area contributed by atoms with Gasteiger partial charge in [0, 0.05) is 5.69 Å². The molecule has 156 valence electrons. The van der Waals surface area contributed by atoms with Gasteiger partial charge in [0.05, 0.1) is 11.8 Å². The molecule has 30 heavy (non-hydrogen) atoms. The van der Waals surface area contributed by atoms with E-state index in [9.17, 15) is 19.2 Å². The number of carbonyl (C=O) groups excluding carboxylic acids is 4. The number of anilines is 1. The minimum atomic E-state index is -1.04. The summed E-state index contributed by atoms with van der Waals surface area (Å²) in [4.78, 5) is 50.8. The Labute approximate surface area is 174 Å². The van der Waals surface area contributed by atoms with Crippen LogP contribution in [0.2, 0.25) is 0 Å². The van der Waals surface area contributed by atoms with Gasteiger partial charge in [-0.3, -0.25) is 19.3 Å². The highest BCUT2D eigenvalue weighted by Gasteiger charge is 2.51. The van der Waals surface area contributed by atoms with Gasteiger partial charge in [-0.05, 0) is 42.7 Å². The number of imide groups is 1. The molecule has 2 aromatic carbocycles. The van der Waals surface area contributed by atoms with E-state index < -0.39 is 24.5 Å². The number of likely N-dealkylation sites (tertiary alicyclic amines) is 1. The number of carbonyl (C=O) groups is 4. The second-order valence-electron chi connectivity index (χ2n) is 7.94. The van der Waals surface area contributed by atoms with Crippen molar-refractivity contribution in [3.05, 3.63) is 42.5 Å². The smallest absolute Gasteiger partial charge is 0.329 e. The van der Waals surface area contributed by atoms with Crippen LogP contribution < -0.4 is 5.32 Å². The van der Waals surface area contributed by atoms with Crippen molar-refractivity contribution in [3.8, 4) is 0 Å². The number of rotatable bonds is 5. The molecule has 7 heteroatoms. The summed E-state index contributed by atoms with van der Waals surface area (Å²) in [6.07, 6.45) is 3.20. The normalized spacial score (nSPS) is 22.0. The van der Waals surface area contributed by atoms with E-state index in [4.69, 9.17) is 4.74 Å². The lowest BCUT2D eigenvalue weighted by molar-refractivity contribution is -0.159. The van der Waals surface area contributed by atoms with E-state index in [1.807, 2.05) is 36.4 Å². The molecule has 4 rings (SSSR count). The summed E-state index contributed by atoms with van der Waals surface area (Å²) in [5.41, 5.74) is 0.594. The van der Waals surface area contributed by atoms with E-state index in [1.54, 1.807) is 6.07 Å². The second kappa shape index (κ2) is 8.26. The van der Waals surface area contributed by atoms with Crippen molar-refractivity contribution in [1.82, 2.24) is 4.90 Å². The number of hydrogen-bond donors (Lipinski definition) is 1. The Morgan fingerprint density at radius 3 is 2.33 bits per heavy atom. The van der Waals surface area contributed by atoms with Crippen LogP contribution in [0, 0.1) is 11.8 Å². The van der Waals surface area contributed by atoms with Crippen LogP contribution in [0.15, 0.2) is 42.5 Å². The number of nitrogens with one attached hydrogen (secondary N) is 1. The summed E-state index contributed by atoms with van der Waals surface area (Å²) in [5, 5.41) is 4.72. The van der Waals surface area contributed by atoms with Crippen LogP contribution in [0.4, 0.5) is 5.69 Å². The predicted molar refractivity (Wildman–Crippen MR) is 110 cm³/mol. The monoisotopic (exact) mass is 408 g/mol. The van der Waals surface area contributed by atoms with Crippen LogP contribution in [0.1, 0.15) is 32.6 Å². The summed E-state index contributed by atoms with van der Waals surface area (Å²) in [5.74, 6) is -2.48. The lowest BCUT2D eigenvalue weighted by Crippen LogP contribution is -2.45. The van der Waals surface area contributed by atoms with Crippen LogP contribution in [0.5, 0.6) is 0 Å². The Hall–Kier alpha value is -3.22.